The summed E-state index contributed by atoms with van der Waals surface area (Å²) in [6.45, 7) is 0.613. The molecule has 2 heterocycles. The Morgan fingerprint density at radius 2 is 2.10 bits per heavy atom. The first-order chi connectivity index (χ1) is 10.2. The minimum atomic E-state index is -0.355. The van der Waals surface area contributed by atoms with Crippen molar-refractivity contribution in [3.63, 3.8) is 0 Å². The number of halogens is 1. The van der Waals surface area contributed by atoms with Crippen molar-refractivity contribution in [3.8, 4) is 0 Å². The summed E-state index contributed by atoms with van der Waals surface area (Å²) >= 11 is 3.40. The van der Waals surface area contributed by atoms with Gasteiger partial charge < -0.3 is 9.09 Å². The number of imidazole rings is 1. The normalized spacial score (nSPS) is 10.5. The standard InChI is InChI=1S/C14H11BrN4O2/c15-11-3-1-10(2-4-11)9-19-7-6-16-14(19)17-13(20)12-5-8-21-18-12/h1-8H,9H2,(H,16,17,20). The SMILES string of the molecule is O=C(Nc1nccn1Cc1ccc(Br)cc1)c1ccon1. The lowest BCUT2D eigenvalue weighted by atomic mass is 10.2. The van der Waals surface area contributed by atoms with Gasteiger partial charge in [-0.3, -0.25) is 10.1 Å². The Morgan fingerprint density at radius 3 is 2.81 bits per heavy atom. The molecule has 106 valence electrons. The third-order valence-electron chi connectivity index (χ3n) is 2.88. The van der Waals surface area contributed by atoms with Crippen LogP contribution >= 0.6 is 15.9 Å². The molecule has 0 fully saturated rings. The second kappa shape index (κ2) is 5.92. The molecule has 0 atom stereocenters. The summed E-state index contributed by atoms with van der Waals surface area (Å²) in [7, 11) is 0. The Morgan fingerprint density at radius 1 is 1.29 bits per heavy atom. The molecule has 0 radical (unpaired) electrons. The van der Waals surface area contributed by atoms with E-state index in [1.807, 2.05) is 28.8 Å². The van der Waals surface area contributed by atoms with E-state index in [2.05, 4.69) is 35.9 Å². The van der Waals surface area contributed by atoms with Crippen LogP contribution in [0.2, 0.25) is 0 Å². The predicted octanol–water partition coefficient (Wildman–Crippen LogP) is 2.93. The van der Waals surface area contributed by atoms with Crippen molar-refractivity contribution in [1.82, 2.24) is 14.7 Å². The Bertz CT molecular complexity index is 735. The van der Waals surface area contributed by atoms with Gasteiger partial charge in [-0.2, -0.15) is 0 Å². The molecule has 7 heteroatoms. The molecule has 0 aliphatic heterocycles. The third kappa shape index (κ3) is 3.19. The smallest absolute Gasteiger partial charge is 0.280 e. The van der Waals surface area contributed by atoms with Crippen molar-refractivity contribution in [2.75, 3.05) is 5.32 Å². The van der Waals surface area contributed by atoms with Gasteiger partial charge in [0.1, 0.15) is 6.26 Å². The van der Waals surface area contributed by atoms with E-state index in [1.54, 1.807) is 12.4 Å². The summed E-state index contributed by atoms with van der Waals surface area (Å²) in [6.07, 6.45) is 4.79. The van der Waals surface area contributed by atoms with Crippen LogP contribution in [0.5, 0.6) is 0 Å². The minimum absolute atomic E-state index is 0.216. The van der Waals surface area contributed by atoms with Crippen LogP contribution in [0.3, 0.4) is 0 Å². The zero-order valence-electron chi connectivity index (χ0n) is 10.9. The molecule has 3 rings (SSSR count). The summed E-state index contributed by atoms with van der Waals surface area (Å²) in [5, 5.41) is 6.30. The predicted molar refractivity (Wildman–Crippen MR) is 79.9 cm³/mol. The van der Waals surface area contributed by atoms with Gasteiger partial charge in [0.05, 0.1) is 6.54 Å². The maximum Gasteiger partial charge on any atom is 0.280 e. The molecule has 0 bridgehead atoms. The van der Waals surface area contributed by atoms with E-state index in [9.17, 15) is 4.79 Å². The first-order valence-corrected chi connectivity index (χ1v) is 6.99. The number of rotatable bonds is 4. The van der Waals surface area contributed by atoms with Gasteiger partial charge in [-0.25, -0.2) is 4.98 Å². The number of anilines is 1. The van der Waals surface area contributed by atoms with E-state index in [0.717, 1.165) is 10.0 Å². The molecule has 0 spiro atoms. The molecule has 21 heavy (non-hydrogen) atoms. The fourth-order valence-corrected chi connectivity index (χ4v) is 2.11. The zero-order chi connectivity index (χ0) is 14.7. The van der Waals surface area contributed by atoms with Gasteiger partial charge in [-0.05, 0) is 17.7 Å². The number of carbonyl (C=O) groups is 1. The molecule has 3 aromatic rings. The lowest BCUT2D eigenvalue weighted by Crippen LogP contribution is -2.16. The van der Waals surface area contributed by atoms with Crippen molar-refractivity contribution in [3.05, 3.63) is 64.7 Å². The first kappa shape index (κ1) is 13.6. The highest BCUT2D eigenvalue weighted by Gasteiger charge is 2.12. The van der Waals surface area contributed by atoms with Gasteiger partial charge in [0.2, 0.25) is 5.95 Å². The van der Waals surface area contributed by atoms with Gasteiger partial charge in [0.25, 0.3) is 5.91 Å². The number of hydrogen-bond acceptors (Lipinski definition) is 4. The molecule has 2 aromatic heterocycles. The highest BCUT2D eigenvalue weighted by Crippen LogP contribution is 2.14. The highest BCUT2D eigenvalue weighted by atomic mass is 79.9. The molecule has 1 amide bonds. The molecule has 0 saturated heterocycles. The number of benzene rings is 1. The Kier molecular flexibility index (Phi) is 3.83. The Labute approximate surface area is 128 Å². The second-order valence-electron chi connectivity index (χ2n) is 4.34. The fraction of sp³-hybridized carbons (Fsp3) is 0.0714. The van der Waals surface area contributed by atoms with E-state index in [1.165, 1.54) is 12.3 Å². The minimum Gasteiger partial charge on any atom is -0.364 e. The Balaban J connectivity index is 1.75. The average Bonchev–Trinajstić information content (AvgIpc) is 3.14. The van der Waals surface area contributed by atoms with Crippen molar-refractivity contribution < 1.29 is 9.32 Å². The van der Waals surface area contributed by atoms with E-state index >= 15 is 0 Å². The molecule has 1 N–H and O–H groups in total. The topological polar surface area (TPSA) is 73.0 Å². The summed E-state index contributed by atoms with van der Waals surface area (Å²) in [4.78, 5) is 16.1. The number of hydrogen-bond donors (Lipinski definition) is 1. The number of nitrogens with zero attached hydrogens (tertiary/aromatic N) is 3. The third-order valence-corrected chi connectivity index (χ3v) is 3.41. The van der Waals surface area contributed by atoms with Crippen LogP contribution in [-0.4, -0.2) is 20.6 Å². The van der Waals surface area contributed by atoms with Gasteiger partial charge in [0, 0.05) is 22.9 Å². The summed E-state index contributed by atoms with van der Waals surface area (Å²) in [5.41, 5.74) is 1.32. The maximum atomic E-state index is 11.9. The van der Waals surface area contributed by atoms with E-state index < -0.39 is 0 Å². The second-order valence-corrected chi connectivity index (χ2v) is 5.26. The van der Waals surface area contributed by atoms with Crippen LogP contribution in [0.15, 0.2) is 58.0 Å². The quantitative estimate of drug-likeness (QED) is 0.788. The van der Waals surface area contributed by atoms with Crippen LogP contribution in [0.4, 0.5) is 5.95 Å². The van der Waals surface area contributed by atoms with Gasteiger partial charge in [-0.1, -0.05) is 33.2 Å². The van der Waals surface area contributed by atoms with E-state index in [4.69, 9.17) is 0 Å². The molecule has 6 nitrogen and oxygen atoms in total. The first-order valence-electron chi connectivity index (χ1n) is 6.20. The van der Waals surface area contributed by atoms with Crippen molar-refractivity contribution in [2.45, 2.75) is 6.54 Å². The van der Waals surface area contributed by atoms with Crippen LogP contribution < -0.4 is 5.32 Å². The van der Waals surface area contributed by atoms with Crippen molar-refractivity contribution in [2.24, 2.45) is 0 Å². The fourth-order valence-electron chi connectivity index (χ4n) is 1.84. The molecular formula is C14H11BrN4O2. The van der Waals surface area contributed by atoms with Gasteiger partial charge in [0.15, 0.2) is 5.69 Å². The zero-order valence-corrected chi connectivity index (χ0v) is 12.4. The molecule has 0 aliphatic carbocycles. The van der Waals surface area contributed by atoms with Gasteiger partial charge in [-0.15, -0.1) is 0 Å². The molecule has 0 saturated carbocycles. The average molecular weight is 347 g/mol. The van der Waals surface area contributed by atoms with Crippen LogP contribution in [-0.2, 0) is 6.54 Å². The van der Waals surface area contributed by atoms with E-state index in [0.29, 0.717) is 12.5 Å². The van der Waals surface area contributed by atoms with Crippen LogP contribution in [0, 0.1) is 0 Å². The number of nitrogens with one attached hydrogen (secondary N) is 1. The number of amides is 1. The van der Waals surface area contributed by atoms with Crippen molar-refractivity contribution >= 4 is 27.8 Å². The highest BCUT2D eigenvalue weighted by molar-refractivity contribution is 9.10. The van der Waals surface area contributed by atoms with E-state index in [-0.39, 0.29) is 11.6 Å². The Hall–Kier alpha value is -2.41. The van der Waals surface area contributed by atoms with Crippen LogP contribution in [0.25, 0.3) is 0 Å². The molecule has 0 aliphatic rings. The maximum absolute atomic E-state index is 11.9. The number of aromatic nitrogens is 3. The molecule has 0 unspecified atom stereocenters. The largest absolute Gasteiger partial charge is 0.364 e. The van der Waals surface area contributed by atoms with Gasteiger partial charge >= 0.3 is 0 Å². The lowest BCUT2D eigenvalue weighted by molar-refractivity contribution is 0.101. The summed E-state index contributed by atoms with van der Waals surface area (Å²) in [6, 6.07) is 9.46. The monoisotopic (exact) mass is 346 g/mol. The lowest BCUT2D eigenvalue weighted by Gasteiger charge is -2.08. The molecular weight excluding hydrogens is 336 g/mol. The van der Waals surface area contributed by atoms with Crippen molar-refractivity contribution in [1.29, 1.82) is 0 Å². The summed E-state index contributed by atoms with van der Waals surface area (Å²) < 4.78 is 7.52. The van der Waals surface area contributed by atoms with Crippen LogP contribution in [0.1, 0.15) is 16.1 Å². The number of carbonyl (C=O) groups excluding carboxylic acids is 1. The molecule has 1 aromatic carbocycles. The summed E-state index contributed by atoms with van der Waals surface area (Å²) in [5.74, 6) is 0.109.